The van der Waals surface area contributed by atoms with Gasteiger partial charge in [0.1, 0.15) is 12.1 Å². The van der Waals surface area contributed by atoms with Crippen LogP contribution in [0.2, 0.25) is 0 Å². The van der Waals surface area contributed by atoms with Crippen LogP contribution in [0, 0.1) is 0 Å². The molecule has 1 unspecified atom stereocenters. The maximum absolute atomic E-state index is 12.6. The van der Waals surface area contributed by atoms with E-state index >= 15 is 0 Å². The van der Waals surface area contributed by atoms with E-state index in [0.717, 1.165) is 25.2 Å². The van der Waals surface area contributed by atoms with Gasteiger partial charge in [-0.15, -0.1) is 0 Å². The molecule has 1 aliphatic rings. The molecule has 1 amide bonds. The number of pyridine rings is 1. The molecule has 0 radical (unpaired) electrons. The molecule has 1 atom stereocenters. The van der Waals surface area contributed by atoms with Crippen LogP contribution in [0.3, 0.4) is 0 Å². The molecule has 0 N–H and O–H groups in total. The maximum Gasteiger partial charge on any atom is 0.255 e. The lowest BCUT2D eigenvalue weighted by Gasteiger charge is -2.32. The predicted molar refractivity (Wildman–Crippen MR) is 81.9 cm³/mol. The van der Waals surface area contributed by atoms with E-state index in [1.807, 2.05) is 30.2 Å². The number of ether oxygens (including phenoxy) is 1. The molecule has 6 nitrogen and oxygen atoms in total. The molecule has 1 fully saturated rings. The van der Waals surface area contributed by atoms with Gasteiger partial charge < -0.3 is 9.64 Å². The van der Waals surface area contributed by atoms with Crippen molar-refractivity contribution in [3.63, 3.8) is 0 Å². The summed E-state index contributed by atoms with van der Waals surface area (Å²) in [5.74, 6) is 0.772. The van der Waals surface area contributed by atoms with Gasteiger partial charge in [0.25, 0.3) is 5.91 Å². The molecule has 2 aromatic rings. The molecule has 6 heteroatoms. The van der Waals surface area contributed by atoms with Crippen LogP contribution in [-0.4, -0.2) is 51.1 Å². The summed E-state index contributed by atoms with van der Waals surface area (Å²) in [5, 5.41) is 0. The van der Waals surface area contributed by atoms with Crippen LogP contribution < -0.4 is 0 Å². The zero-order valence-corrected chi connectivity index (χ0v) is 12.7. The average molecular weight is 300 g/mol. The van der Waals surface area contributed by atoms with Crippen molar-refractivity contribution in [1.29, 1.82) is 0 Å². The van der Waals surface area contributed by atoms with Crippen molar-refractivity contribution in [3.05, 3.63) is 42.6 Å². The van der Waals surface area contributed by atoms with E-state index in [2.05, 4.69) is 9.97 Å². The van der Waals surface area contributed by atoms with Crippen LogP contribution in [0.4, 0.5) is 0 Å². The number of carbonyl (C=O) groups excluding carboxylic acids is 1. The van der Waals surface area contributed by atoms with E-state index in [-0.39, 0.29) is 12.0 Å². The molecule has 3 heterocycles. The molecule has 2 aromatic heterocycles. The number of rotatable bonds is 4. The monoisotopic (exact) mass is 300 g/mol. The van der Waals surface area contributed by atoms with E-state index in [0.29, 0.717) is 18.7 Å². The highest BCUT2D eigenvalue weighted by molar-refractivity contribution is 5.94. The lowest BCUT2D eigenvalue weighted by molar-refractivity contribution is 0.00723. The average Bonchev–Trinajstić information content (AvgIpc) is 3.09. The molecule has 0 saturated carbocycles. The standard InChI is InChI=1S/C16H20N4O2/c1-2-22-14-4-3-8-19(11-14)16(21)13-5-6-15(18-10-13)20-9-7-17-12-20/h5-7,9-10,12,14H,2-4,8,11H2,1H3. The summed E-state index contributed by atoms with van der Waals surface area (Å²) in [6, 6.07) is 3.65. The molecule has 0 aliphatic carbocycles. The largest absolute Gasteiger partial charge is 0.377 e. The zero-order chi connectivity index (χ0) is 15.4. The van der Waals surface area contributed by atoms with Gasteiger partial charge in [-0.3, -0.25) is 9.36 Å². The Morgan fingerprint density at radius 3 is 3.05 bits per heavy atom. The fraction of sp³-hybridized carbons (Fsp3) is 0.438. The number of nitrogens with zero attached hydrogens (tertiary/aromatic N) is 4. The maximum atomic E-state index is 12.6. The van der Waals surface area contributed by atoms with Gasteiger partial charge >= 0.3 is 0 Å². The molecular weight excluding hydrogens is 280 g/mol. The Labute approximate surface area is 129 Å². The summed E-state index contributed by atoms with van der Waals surface area (Å²) in [7, 11) is 0. The van der Waals surface area contributed by atoms with Gasteiger partial charge in [-0.1, -0.05) is 0 Å². The second-order valence-electron chi connectivity index (χ2n) is 5.35. The minimum absolute atomic E-state index is 0.0223. The lowest BCUT2D eigenvalue weighted by atomic mass is 10.1. The molecule has 0 bridgehead atoms. The van der Waals surface area contributed by atoms with Crippen molar-refractivity contribution in [2.45, 2.75) is 25.9 Å². The second-order valence-corrected chi connectivity index (χ2v) is 5.35. The van der Waals surface area contributed by atoms with Crippen LogP contribution in [0.5, 0.6) is 0 Å². The van der Waals surface area contributed by atoms with Crippen molar-refractivity contribution >= 4 is 5.91 Å². The van der Waals surface area contributed by atoms with Crippen molar-refractivity contribution in [2.75, 3.05) is 19.7 Å². The fourth-order valence-electron chi connectivity index (χ4n) is 2.74. The first-order valence-corrected chi connectivity index (χ1v) is 7.63. The summed E-state index contributed by atoms with van der Waals surface area (Å²) < 4.78 is 7.45. The summed E-state index contributed by atoms with van der Waals surface area (Å²) in [6.45, 7) is 4.12. The van der Waals surface area contributed by atoms with Crippen LogP contribution in [0.25, 0.3) is 5.82 Å². The van der Waals surface area contributed by atoms with Crippen molar-refractivity contribution in [3.8, 4) is 5.82 Å². The number of piperidine rings is 1. The van der Waals surface area contributed by atoms with Crippen LogP contribution in [0.15, 0.2) is 37.1 Å². The first-order valence-electron chi connectivity index (χ1n) is 7.63. The number of aromatic nitrogens is 3. The third-order valence-corrected chi connectivity index (χ3v) is 3.83. The van der Waals surface area contributed by atoms with E-state index in [9.17, 15) is 4.79 Å². The Hall–Kier alpha value is -2.21. The SMILES string of the molecule is CCOC1CCCN(C(=O)c2ccc(-n3ccnc3)nc2)C1. The van der Waals surface area contributed by atoms with Gasteiger partial charge in [0, 0.05) is 38.3 Å². The minimum atomic E-state index is 0.0223. The molecule has 116 valence electrons. The smallest absolute Gasteiger partial charge is 0.255 e. The minimum Gasteiger partial charge on any atom is -0.377 e. The summed E-state index contributed by atoms with van der Waals surface area (Å²) in [6.07, 6.45) is 8.99. The van der Waals surface area contributed by atoms with Gasteiger partial charge in [0.15, 0.2) is 0 Å². The van der Waals surface area contributed by atoms with Gasteiger partial charge in [-0.05, 0) is 31.9 Å². The van der Waals surface area contributed by atoms with Gasteiger partial charge in [-0.2, -0.15) is 0 Å². The third kappa shape index (κ3) is 3.17. The quantitative estimate of drug-likeness (QED) is 0.865. The molecular formula is C16H20N4O2. The number of carbonyl (C=O) groups is 1. The fourth-order valence-corrected chi connectivity index (χ4v) is 2.74. The van der Waals surface area contributed by atoms with E-state index in [1.165, 1.54) is 0 Å². The normalized spacial score (nSPS) is 18.4. The van der Waals surface area contributed by atoms with E-state index in [1.54, 1.807) is 23.3 Å². The number of hydrogen-bond donors (Lipinski definition) is 0. The number of likely N-dealkylation sites (tertiary alicyclic amines) is 1. The van der Waals surface area contributed by atoms with Crippen LogP contribution in [0.1, 0.15) is 30.1 Å². The molecule has 22 heavy (non-hydrogen) atoms. The molecule has 3 rings (SSSR count). The number of hydrogen-bond acceptors (Lipinski definition) is 4. The third-order valence-electron chi connectivity index (χ3n) is 3.83. The number of amides is 1. The topological polar surface area (TPSA) is 60.2 Å². The highest BCUT2D eigenvalue weighted by Crippen LogP contribution is 2.16. The number of imidazole rings is 1. The van der Waals surface area contributed by atoms with Crippen LogP contribution >= 0.6 is 0 Å². The summed E-state index contributed by atoms with van der Waals surface area (Å²) >= 11 is 0. The molecule has 0 aromatic carbocycles. The van der Waals surface area contributed by atoms with Crippen molar-refractivity contribution in [2.24, 2.45) is 0 Å². The van der Waals surface area contributed by atoms with E-state index < -0.39 is 0 Å². The Balaban J connectivity index is 1.69. The lowest BCUT2D eigenvalue weighted by Crippen LogP contribution is -2.43. The Morgan fingerprint density at radius 1 is 1.45 bits per heavy atom. The zero-order valence-electron chi connectivity index (χ0n) is 12.7. The molecule has 0 spiro atoms. The molecule has 1 saturated heterocycles. The first kappa shape index (κ1) is 14.7. The van der Waals surface area contributed by atoms with Gasteiger partial charge in [0.05, 0.1) is 11.7 Å². The van der Waals surface area contributed by atoms with Crippen molar-refractivity contribution in [1.82, 2.24) is 19.4 Å². The summed E-state index contributed by atoms with van der Waals surface area (Å²) in [4.78, 5) is 22.7. The van der Waals surface area contributed by atoms with E-state index in [4.69, 9.17) is 4.74 Å². The van der Waals surface area contributed by atoms with Crippen molar-refractivity contribution < 1.29 is 9.53 Å². The predicted octanol–water partition coefficient (Wildman–Crippen LogP) is 1.91. The first-order chi connectivity index (χ1) is 10.8. The highest BCUT2D eigenvalue weighted by atomic mass is 16.5. The Morgan fingerprint density at radius 2 is 2.36 bits per heavy atom. The van der Waals surface area contributed by atoms with Gasteiger partial charge in [-0.25, -0.2) is 9.97 Å². The van der Waals surface area contributed by atoms with Gasteiger partial charge in [0.2, 0.25) is 0 Å². The second kappa shape index (κ2) is 6.70. The highest BCUT2D eigenvalue weighted by Gasteiger charge is 2.24. The Bertz CT molecular complexity index is 608. The van der Waals surface area contributed by atoms with Crippen LogP contribution in [-0.2, 0) is 4.74 Å². The molecule has 1 aliphatic heterocycles. The summed E-state index contributed by atoms with van der Waals surface area (Å²) in [5.41, 5.74) is 0.612. The Kier molecular flexibility index (Phi) is 4.48.